The highest BCUT2D eigenvalue weighted by Gasteiger charge is 2.49. The second-order valence-corrected chi connectivity index (χ2v) is 13.5. The summed E-state index contributed by atoms with van der Waals surface area (Å²) in [6.07, 6.45) is 3.31. The van der Waals surface area contributed by atoms with Crippen LogP contribution in [0.3, 0.4) is 0 Å². The summed E-state index contributed by atoms with van der Waals surface area (Å²) in [5, 5.41) is 5.64. The topological polar surface area (TPSA) is 106 Å². The van der Waals surface area contributed by atoms with Crippen molar-refractivity contribution in [3.05, 3.63) is 59.4 Å². The van der Waals surface area contributed by atoms with Gasteiger partial charge in [0.1, 0.15) is 24.1 Å². The average molecular weight is 610 g/mol. The molecule has 1 atom stereocenters. The predicted molar refractivity (Wildman–Crippen MR) is 165 cm³/mol. The van der Waals surface area contributed by atoms with Crippen molar-refractivity contribution in [2.75, 3.05) is 30.0 Å². The summed E-state index contributed by atoms with van der Waals surface area (Å²) < 4.78 is 32.7. The van der Waals surface area contributed by atoms with Gasteiger partial charge in [-0.05, 0) is 76.0 Å². The number of rotatable bonds is 6. The molecule has 2 aliphatic heterocycles. The first-order chi connectivity index (χ1) is 20.9. The number of halogens is 1. The smallest absolute Gasteiger partial charge is 0.414 e. The molecule has 3 amide bonds. The molecule has 5 rings (SSSR count). The van der Waals surface area contributed by atoms with Gasteiger partial charge in [0, 0.05) is 36.4 Å². The van der Waals surface area contributed by atoms with Crippen LogP contribution < -0.4 is 15.5 Å². The van der Waals surface area contributed by atoms with Gasteiger partial charge in [-0.2, -0.15) is 0 Å². The lowest BCUT2D eigenvalue weighted by Crippen LogP contribution is -2.49. The van der Waals surface area contributed by atoms with Crippen LogP contribution in [0.5, 0.6) is 0 Å². The van der Waals surface area contributed by atoms with Crippen LogP contribution in [0.15, 0.2) is 42.5 Å². The number of ether oxygens (including phenoxy) is 3. The van der Waals surface area contributed by atoms with Gasteiger partial charge in [-0.3, -0.25) is 9.69 Å². The molecule has 2 heterocycles. The number of nitrogens with zero attached hydrogens (tertiary/aromatic N) is 1. The van der Waals surface area contributed by atoms with Crippen LogP contribution in [0.2, 0.25) is 0 Å². The molecular formula is C34H44FN3O6. The van der Waals surface area contributed by atoms with Gasteiger partial charge in [0.25, 0.3) is 0 Å². The summed E-state index contributed by atoms with van der Waals surface area (Å²) in [5.41, 5.74) is 0.541. The van der Waals surface area contributed by atoms with E-state index in [1.54, 1.807) is 26.8 Å². The lowest BCUT2D eigenvalue weighted by atomic mass is 9.75. The van der Waals surface area contributed by atoms with Crippen molar-refractivity contribution in [3.8, 4) is 0 Å². The zero-order valence-electron chi connectivity index (χ0n) is 26.1. The van der Waals surface area contributed by atoms with Crippen molar-refractivity contribution in [3.63, 3.8) is 0 Å². The molecule has 2 N–H and O–H groups in total. The van der Waals surface area contributed by atoms with Gasteiger partial charge < -0.3 is 24.8 Å². The molecule has 1 aliphatic carbocycles. The zero-order valence-corrected chi connectivity index (χ0v) is 26.1. The van der Waals surface area contributed by atoms with Crippen molar-refractivity contribution < 1.29 is 33.0 Å². The number of benzene rings is 2. The second-order valence-electron chi connectivity index (χ2n) is 13.5. The maximum Gasteiger partial charge on any atom is 0.414 e. The van der Waals surface area contributed by atoms with E-state index in [4.69, 9.17) is 14.2 Å². The van der Waals surface area contributed by atoms with Gasteiger partial charge in [-0.1, -0.05) is 50.1 Å². The van der Waals surface area contributed by atoms with Crippen LogP contribution in [0.4, 0.5) is 25.4 Å². The molecule has 10 heteroatoms. The quantitative estimate of drug-likeness (QED) is 0.378. The van der Waals surface area contributed by atoms with Crippen LogP contribution in [0.25, 0.3) is 0 Å². The standard InChI is InChI=1S/C34H44FN3O6/c1-22-10-12-24(13-11-22)29(37-31(40)43-20-23-8-6-5-7-9-23)30(39)36-25-18-26(35)28-27(19-25)38(32(41)44-33(2,3)4)21-34(28)14-16-42-17-15-34/h5-9,18-19,22,24,29H,10-17,20-21H2,1-4H3,(H,36,39)(H,37,40)/t22?,24?,29-/m0/s1. The van der Waals surface area contributed by atoms with Gasteiger partial charge in [0.2, 0.25) is 5.91 Å². The fourth-order valence-corrected chi connectivity index (χ4v) is 6.65. The van der Waals surface area contributed by atoms with Crippen LogP contribution in [0, 0.1) is 17.7 Å². The van der Waals surface area contributed by atoms with Gasteiger partial charge >= 0.3 is 12.2 Å². The van der Waals surface area contributed by atoms with Crippen molar-refractivity contribution in [2.24, 2.45) is 11.8 Å². The van der Waals surface area contributed by atoms with Gasteiger partial charge in [-0.25, -0.2) is 14.0 Å². The van der Waals surface area contributed by atoms with Gasteiger partial charge in [0.15, 0.2) is 0 Å². The van der Waals surface area contributed by atoms with Crippen molar-refractivity contribution >= 4 is 29.5 Å². The molecule has 0 unspecified atom stereocenters. The molecule has 2 aromatic rings. The third kappa shape index (κ3) is 7.34. The molecule has 44 heavy (non-hydrogen) atoms. The molecule has 238 valence electrons. The highest BCUT2D eigenvalue weighted by Crippen LogP contribution is 2.49. The summed E-state index contributed by atoms with van der Waals surface area (Å²) in [7, 11) is 0. The number of amides is 3. The van der Waals surface area contributed by atoms with Gasteiger partial charge in [-0.15, -0.1) is 0 Å². The number of alkyl carbamates (subject to hydrolysis) is 1. The van der Waals surface area contributed by atoms with E-state index >= 15 is 4.39 Å². The molecule has 0 aromatic heterocycles. The molecule has 3 aliphatic rings. The molecule has 2 aromatic carbocycles. The Labute approximate surface area is 258 Å². The number of carbonyl (C=O) groups is 3. The highest BCUT2D eigenvalue weighted by atomic mass is 19.1. The second kappa shape index (κ2) is 13.1. The first-order valence-corrected chi connectivity index (χ1v) is 15.6. The summed E-state index contributed by atoms with van der Waals surface area (Å²) in [4.78, 5) is 41.4. The lowest BCUT2D eigenvalue weighted by Gasteiger charge is -2.34. The third-order valence-electron chi connectivity index (χ3n) is 8.98. The third-order valence-corrected chi connectivity index (χ3v) is 8.98. The molecule has 0 bridgehead atoms. The number of carbonyl (C=O) groups excluding carboxylic acids is 3. The van der Waals surface area contributed by atoms with E-state index in [1.807, 2.05) is 30.3 Å². The van der Waals surface area contributed by atoms with E-state index in [0.29, 0.717) is 43.2 Å². The Balaban J connectivity index is 1.38. The number of hydrogen-bond acceptors (Lipinski definition) is 6. The zero-order chi connectivity index (χ0) is 31.5. The minimum absolute atomic E-state index is 0.0754. The highest BCUT2D eigenvalue weighted by molar-refractivity contribution is 5.99. The van der Waals surface area contributed by atoms with E-state index in [-0.39, 0.29) is 24.8 Å². The van der Waals surface area contributed by atoms with Crippen LogP contribution in [0.1, 0.15) is 77.3 Å². The van der Waals surface area contributed by atoms with E-state index in [0.717, 1.165) is 31.2 Å². The van der Waals surface area contributed by atoms with E-state index < -0.39 is 41.0 Å². The molecule has 1 spiro atoms. The number of nitrogens with one attached hydrogen (secondary N) is 2. The fourth-order valence-electron chi connectivity index (χ4n) is 6.65. The van der Waals surface area contributed by atoms with Crippen LogP contribution in [-0.4, -0.2) is 49.5 Å². The SMILES string of the molecule is CC1CCC([C@H](NC(=O)OCc2ccccc2)C(=O)Nc2cc(F)c3c(c2)N(C(=O)OC(C)(C)C)CC32CCOCC2)CC1. The maximum atomic E-state index is 16.0. The molecular weight excluding hydrogens is 565 g/mol. The average Bonchev–Trinajstić information content (AvgIpc) is 3.29. The van der Waals surface area contributed by atoms with Crippen molar-refractivity contribution in [2.45, 2.75) is 89.9 Å². The summed E-state index contributed by atoms with van der Waals surface area (Å²) in [5.74, 6) is -0.507. The largest absolute Gasteiger partial charge is 0.445 e. The lowest BCUT2D eigenvalue weighted by molar-refractivity contribution is -0.119. The van der Waals surface area contributed by atoms with E-state index in [9.17, 15) is 14.4 Å². The molecule has 9 nitrogen and oxygen atoms in total. The maximum absolute atomic E-state index is 16.0. The number of anilines is 2. The Bertz CT molecular complexity index is 1350. The van der Waals surface area contributed by atoms with Crippen molar-refractivity contribution in [1.82, 2.24) is 5.32 Å². The minimum atomic E-state index is -0.870. The molecule has 2 fully saturated rings. The fraction of sp³-hybridized carbons (Fsp3) is 0.559. The predicted octanol–water partition coefficient (Wildman–Crippen LogP) is 6.69. The van der Waals surface area contributed by atoms with Crippen LogP contribution in [-0.2, 0) is 31.0 Å². The Morgan fingerprint density at radius 3 is 2.41 bits per heavy atom. The first kappa shape index (κ1) is 31.8. The Morgan fingerprint density at radius 1 is 1.07 bits per heavy atom. The van der Waals surface area contributed by atoms with E-state index in [1.165, 1.54) is 11.0 Å². The Kier molecular flexibility index (Phi) is 9.48. The van der Waals surface area contributed by atoms with Gasteiger partial charge in [0.05, 0.1) is 5.69 Å². The Hall–Kier alpha value is -3.66. The first-order valence-electron chi connectivity index (χ1n) is 15.6. The molecule has 1 saturated carbocycles. The normalized spacial score (nSPS) is 21.7. The summed E-state index contributed by atoms with van der Waals surface area (Å²) in [6.45, 7) is 8.81. The van der Waals surface area contributed by atoms with Crippen LogP contribution >= 0.6 is 0 Å². The summed E-state index contributed by atoms with van der Waals surface area (Å²) >= 11 is 0. The van der Waals surface area contributed by atoms with Crippen molar-refractivity contribution in [1.29, 1.82) is 0 Å². The monoisotopic (exact) mass is 609 g/mol. The minimum Gasteiger partial charge on any atom is -0.445 e. The Morgan fingerprint density at radius 2 is 1.75 bits per heavy atom. The summed E-state index contributed by atoms with van der Waals surface area (Å²) in [6, 6.07) is 11.4. The van der Waals surface area contributed by atoms with E-state index in [2.05, 4.69) is 17.6 Å². The molecule has 1 saturated heterocycles. The molecule has 0 radical (unpaired) electrons. The number of fused-ring (bicyclic) bond motifs is 2. The number of hydrogen-bond donors (Lipinski definition) is 2.